The Balaban J connectivity index is 1.36. The fraction of sp³-hybridized carbons (Fsp3) is 0.355. The molecular weight excluding hydrogens is 469 g/mol. The molecule has 3 aromatic carbocycles. The summed E-state index contributed by atoms with van der Waals surface area (Å²) in [5.74, 6) is 1.97. The van der Waals surface area contributed by atoms with Gasteiger partial charge in [0.25, 0.3) is 0 Å². The monoisotopic (exact) mass is 503 g/mol. The number of aromatic hydroxyl groups is 2. The van der Waals surface area contributed by atoms with E-state index in [0.29, 0.717) is 12.4 Å². The Morgan fingerprint density at radius 1 is 1.05 bits per heavy atom. The number of likely N-dealkylation sites (tertiary alicyclic amines) is 1. The van der Waals surface area contributed by atoms with Crippen molar-refractivity contribution in [1.82, 2.24) is 4.90 Å². The van der Waals surface area contributed by atoms with Gasteiger partial charge >= 0.3 is 0 Å². The van der Waals surface area contributed by atoms with Crippen LogP contribution in [0.4, 0.5) is 4.39 Å². The Kier molecular flexibility index (Phi) is 7.38. The molecule has 6 heteroatoms. The number of rotatable bonds is 7. The van der Waals surface area contributed by atoms with Gasteiger partial charge in [0.1, 0.15) is 35.7 Å². The van der Waals surface area contributed by atoms with Crippen molar-refractivity contribution >= 4 is 11.1 Å². The molecule has 0 aromatic heterocycles. The van der Waals surface area contributed by atoms with E-state index >= 15 is 0 Å². The summed E-state index contributed by atoms with van der Waals surface area (Å²) in [6.45, 7) is 6.22. The second-order valence-electron chi connectivity index (χ2n) is 10.2. The molecular formula is C31H34FNO4. The van der Waals surface area contributed by atoms with E-state index < -0.39 is 6.10 Å². The van der Waals surface area contributed by atoms with Crippen molar-refractivity contribution in [2.75, 3.05) is 26.4 Å². The molecule has 0 bridgehead atoms. The molecule has 2 aliphatic heterocycles. The molecule has 3 atom stereocenters. The van der Waals surface area contributed by atoms with E-state index in [1.54, 1.807) is 30.3 Å². The summed E-state index contributed by atoms with van der Waals surface area (Å²) in [4.78, 5) is 2.32. The minimum absolute atomic E-state index is 0.136. The van der Waals surface area contributed by atoms with Crippen LogP contribution in [-0.2, 0) is 0 Å². The van der Waals surface area contributed by atoms with E-state index in [4.69, 9.17) is 9.47 Å². The largest absolute Gasteiger partial charge is 0.508 e. The number of hydrogen-bond donors (Lipinski definition) is 2. The maximum absolute atomic E-state index is 13.1. The summed E-state index contributed by atoms with van der Waals surface area (Å²) in [5.41, 5.74) is 4.56. The van der Waals surface area contributed by atoms with Crippen LogP contribution in [0.2, 0.25) is 0 Å². The third kappa shape index (κ3) is 5.44. The number of ether oxygens (including phenoxy) is 2. The van der Waals surface area contributed by atoms with Crippen LogP contribution in [0.1, 0.15) is 49.5 Å². The fourth-order valence-electron chi connectivity index (χ4n) is 5.40. The minimum Gasteiger partial charge on any atom is -0.508 e. The summed E-state index contributed by atoms with van der Waals surface area (Å²) in [5, 5.41) is 20.2. The lowest BCUT2D eigenvalue weighted by atomic mass is 9.86. The van der Waals surface area contributed by atoms with Gasteiger partial charge in [-0.3, -0.25) is 9.29 Å². The summed E-state index contributed by atoms with van der Waals surface area (Å²) >= 11 is 0. The van der Waals surface area contributed by atoms with Crippen LogP contribution in [0.15, 0.2) is 66.7 Å². The van der Waals surface area contributed by atoms with Crippen molar-refractivity contribution in [2.45, 2.75) is 38.8 Å². The van der Waals surface area contributed by atoms with Gasteiger partial charge in [-0.25, -0.2) is 0 Å². The molecule has 0 spiro atoms. The summed E-state index contributed by atoms with van der Waals surface area (Å²) in [6, 6.07) is 20.4. The van der Waals surface area contributed by atoms with Crippen LogP contribution >= 0.6 is 0 Å². The zero-order chi connectivity index (χ0) is 25.9. The molecule has 1 saturated heterocycles. The van der Waals surface area contributed by atoms with Crippen molar-refractivity contribution in [2.24, 2.45) is 5.92 Å². The number of allylic oxidation sites excluding steroid dienone is 1. The van der Waals surface area contributed by atoms with Gasteiger partial charge in [0.2, 0.25) is 0 Å². The number of hydrogen-bond acceptors (Lipinski definition) is 5. The second-order valence-corrected chi connectivity index (χ2v) is 10.2. The molecule has 194 valence electrons. The average molecular weight is 504 g/mol. The highest BCUT2D eigenvalue weighted by Crippen LogP contribution is 2.47. The quantitative estimate of drug-likeness (QED) is 0.380. The van der Waals surface area contributed by atoms with E-state index in [9.17, 15) is 14.6 Å². The van der Waals surface area contributed by atoms with Gasteiger partial charge in [0.05, 0.1) is 6.67 Å². The molecule has 1 unspecified atom stereocenters. The molecule has 0 radical (unpaired) electrons. The smallest absolute Gasteiger partial charge is 0.150 e. The number of halogens is 1. The first-order chi connectivity index (χ1) is 17.9. The lowest BCUT2D eigenvalue weighted by Crippen LogP contribution is -2.44. The van der Waals surface area contributed by atoms with Crippen LogP contribution in [-0.4, -0.2) is 47.5 Å². The van der Waals surface area contributed by atoms with Gasteiger partial charge in [0, 0.05) is 29.6 Å². The molecule has 2 N–H and O–H groups in total. The van der Waals surface area contributed by atoms with Crippen LogP contribution < -0.4 is 9.47 Å². The molecule has 0 amide bonds. The third-order valence-corrected chi connectivity index (χ3v) is 7.50. The summed E-state index contributed by atoms with van der Waals surface area (Å²) in [7, 11) is 0. The normalized spacial score (nSPS) is 20.7. The SMILES string of the molecule is CC1=C(c2cccc(O)c2)C(c2ccc(OC[C@H](C)N3CCC[C@@H](CF)C3)cc2)Oc2ccc(O)cc21. The molecule has 2 aliphatic rings. The second kappa shape index (κ2) is 10.9. The molecule has 5 rings (SSSR count). The van der Waals surface area contributed by atoms with E-state index in [2.05, 4.69) is 11.8 Å². The number of nitrogens with zero attached hydrogens (tertiary/aromatic N) is 1. The van der Waals surface area contributed by atoms with Crippen LogP contribution in [0, 0.1) is 5.92 Å². The van der Waals surface area contributed by atoms with Crippen LogP contribution in [0.3, 0.4) is 0 Å². The van der Waals surface area contributed by atoms with Gasteiger partial charge in [-0.15, -0.1) is 0 Å². The molecule has 37 heavy (non-hydrogen) atoms. The standard InChI is InChI=1S/C31H34FNO4/c1-20(33-14-4-5-22(17-32)18-33)19-36-27-11-8-23(9-12-27)31-30(24-6-3-7-25(34)15-24)21(2)28-16-26(35)10-13-29(28)37-31/h3,6-13,15-16,20,22,31,34-35H,4-5,14,17-19H2,1-2H3/t20-,22-,31?/m0/s1. The lowest BCUT2D eigenvalue weighted by molar-refractivity contribution is 0.0880. The first-order valence-electron chi connectivity index (χ1n) is 13.0. The minimum atomic E-state index is -0.391. The molecule has 1 fully saturated rings. The zero-order valence-corrected chi connectivity index (χ0v) is 21.4. The number of piperidine rings is 1. The van der Waals surface area contributed by atoms with Crippen molar-refractivity contribution < 1.29 is 24.1 Å². The molecule has 3 aromatic rings. The van der Waals surface area contributed by atoms with Gasteiger partial charge in [-0.1, -0.05) is 24.3 Å². The maximum atomic E-state index is 13.1. The first-order valence-corrected chi connectivity index (χ1v) is 13.0. The topological polar surface area (TPSA) is 62.2 Å². The lowest BCUT2D eigenvalue weighted by Gasteiger charge is -2.35. The van der Waals surface area contributed by atoms with Crippen molar-refractivity contribution in [1.29, 1.82) is 0 Å². The first kappa shape index (κ1) is 25.2. The van der Waals surface area contributed by atoms with Gasteiger partial charge in [-0.2, -0.15) is 0 Å². The van der Waals surface area contributed by atoms with Gasteiger partial charge in [-0.05, 0) is 92.4 Å². The van der Waals surface area contributed by atoms with E-state index in [1.165, 1.54) is 0 Å². The van der Waals surface area contributed by atoms with Crippen molar-refractivity contribution in [3.63, 3.8) is 0 Å². The van der Waals surface area contributed by atoms with E-state index in [0.717, 1.165) is 59.5 Å². The fourth-order valence-corrected chi connectivity index (χ4v) is 5.40. The number of benzene rings is 3. The maximum Gasteiger partial charge on any atom is 0.150 e. The summed E-state index contributed by atoms with van der Waals surface area (Å²) < 4.78 is 25.7. The Morgan fingerprint density at radius 3 is 2.59 bits per heavy atom. The number of alkyl halides is 1. The highest BCUT2D eigenvalue weighted by atomic mass is 19.1. The van der Waals surface area contributed by atoms with Crippen molar-refractivity contribution in [3.05, 3.63) is 83.4 Å². The Hall–Kier alpha value is -3.51. The number of phenols is 2. The molecule has 0 saturated carbocycles. The predicted molar refractivity (Wildman–Crippen MR) is 144 cm³/mol. The Bertz CT molecular complexity index is 1270. The van der Waals surface area contributed by atoms with Gasteiger partial charge in [0.15, 0.2) is 0 Å². The number of fused-ring (bicyclic) bond motifs is 1. The molecule has 0 aliphatic carbocycles. The highest BCUT2D eigenvalue weighted by Gasteiger charge is 2.30. The van der Waals surface area contributed by atoms with Crippen LogP contribution in [0.25, 0.3) is 11.1 Å². The average Bonchev–Trinajstić information content (AvgIpc) is 2.92. The molecule has 5 nitrogen and oxygen atoms in total. The molecule has 2 heterocycles. The van der Waals surface area contributed by atoms with E-state index in [1.807, 2.05) is 43.3 Å². The van der Waals surface area contributed by atoms with E-state index in [-0.39, 0.29) is 30.1 Å². The Morgan fingerprint density at radius 2 is 1.84 bits per heavy atom. The van der Waals surface area contributed by atoms with Crippen molar-refractivity contribution in [3.8, 4) is 23.0 Å². The highest BCUT2D eigenvalue weighted by molar-refractivity contribution is 5.95. The Labute approximate surface area is 217 Å². The zero-order valence-electron chi connectivity index (χ0n) is 21.4. The third-order valence-electron chi connectivity index (χ3n) is 7.50. The predicted octanol–water partition coefficient (Wildman–Crippen LogP) is 6.61. The van der Waals surface area contributed by atoms with Crippen LogP contribution in [0.5, 0.6) is 23.0 Å². The van der Waals surface area contributed by atoms with Gasteiger partial charge < -0.3 is 19.7 Å². The number of phenolic OH excluding ortho intramolecular Hbond substituents is 2. The summed E-state index contributed by atoms with van der Waals surface area (Å²) in [6.07, 6.45) is 1.61.